The maximum Gasteiger partial charge on any atom is 0.274 e. The molecule has 0 radical (unpaired) electrons. The SMILES string of the molecule is O=c1c2ccccc2c(Cc2ccc(F)cc2)nn1C1CCN(CCCCl)CC1. The number of nitrogens with zero attached hydrogens (tertiary/aromatic N) is 3. The van der Waals surface area contributed by atoms with E-state index in [-0.39, 0.29) is 17.4 Å². The number of fused-ring (bicyclic) bond motifs is 1. The summed E-state index contributed by atoms with van der Waals surface area (Å²) in [7, 11) is 0. The Balaban J connectivity index is 1.65. The molecule has 1 fully saturated rings. The van der Waals surface area contributed by atoms with Gasteiger partial charge < -0.3 is 4.90 Å². The van der Waals surface area contributed by atoms with E-state index in [1.807, 2.05) is 24.3 Å². The van der Waals surface area contributed by atoms with Crippen molar-refractivity contribution in [3.8, 4) is 0 Å². The van der Waals surface area contributed by atoms with E-state index in [9.17, 15) is 9.18 Å². The van der Waals surface area contributed by atoms with Crippen LogP contribution in [0.2, 0.25) is 0 Å². The smallest absolute Gasteiger partial charge is 0.274 e. The van der Waals surface area contributed by atoms with Crippen LogP contribution >= 0.6 is 11.6 Å². The zero-order chi connectivity index (χ0) is 20.2. The van der Waals surface area contributed by atoms with E-state index < -0.39 is 0 Å². The molecule has 1 saturated heterocycles. The van der Waals surface area contributed by atoms with Gasteiger partial charge in [0.05, 0.1) is 17.1 Å². The van der Waals surface area contributed by atoms with Crippen molar-refractivity contribution < 1.29 is 4.39 Å². The largest absolute Gasteiger partial charge is 0.303 e. The van der Waals surface area contributed by atoms with Gasteiger partial charge in [0.25, 0.3) is 5.56 Å². The second-order valence-electron chi connectivity index (χ2n) is 7.66. The van der Waals surface area contributed by atoms with E-state index in [0.717, 1.165) is 55.5 Å². The molecule has 4 nitrogen and oxygen atoms in total. The first-order valence-electron chi connectivity index (χ1n) is 10.2. The van der Waals surface area contributed by atoms with E-state index >= 15 is 0 Å². The molecule has 2 heterocycles. The number of hydrogen-bond donors (Lipinski definition) is 0. The van der Waals surface area contributed by atoms with Crippen molar-refractivity contribution in [2.45, 2.75) is 31.7 Å². The maximum absolute atomic E-state index is 13.3. The van der Waals surface area contributed by atoms with Crippen molar-refractivity contribution in [3.05, 3.63) is 76.0 Å². The third-order valence-electron chi connectivity index (χ3n) is 5.70. The zero-order valence-electron chi connectivity index (χ0n) is 16.4. The fraction of sp³-hybridized carbons (Fsp3) is 0.391. The van der Waals surface area contributed by atoms with E-state index in [4.69, 9.17) is 16.7 Å². The Morgan fingerprint density at radius 3 is 2.41 bits per heavy atom. The van der Waals surface area contributed by atoms with E-state index in [1.54, 1.807) is 16.8 Å². The molecule has 0 N–H and O–H groups in total. The number of halogens is 2. The Morgan fingerprint density at radius 2 is 1.72 bits per heavy atom. The minimum atomic E-state index is -0.252. The molecule has 0 unspecified atom stereocenters. The van der Waals surface area contributed by atoms with Crippen LogP contribution in [0.4, 0.5) is 4.39 Å². The molecule has 0 spiro atoms. The molecule has 0 bridgehead atoms. The van der Waals surface area contributed by atoms with Crippen molar-refractivity contribution >= 4 is 22.4 Å². The quantitative estimate of drug-likeness (QED) is 0.562. The predicted octanol–water partition coefficient (Wildman–Crippen LogP) is 4.39. The summed E-state index contributed by atoms with van der Waals surface area (Å²) in [6.07, 6.45) is 3.37. The summed E-state index contributed by atoms with van der Waals surface area (Å²) in [5.41, 5.74) is 1.81. The topological polar surface area (TPSA) is 38.1 Å². The first-order valence-corrected chi connectivity index (χ1v) is 10.7. The highest BCUT2D eigenvalue weighted by Gasteiger charge is 2.23. The van der Waals surface area contributed by atoms with Crippen LogP contribution in [-0.2, 0) is 6.42 Å². The van der Waals surface area contributed by atoms with Gasteiger partial charge in [-0.2, -0.15) is 5.10 Å². The Kier molecular flexibility index (Phi) is 6.26. The minimum Gasteiger partial charge on any atom is -0.303 e. The van der Waals surface area contributed by atoms with Gasteiger partial charge in [-0.3, -0.25) is 4.79 Å². The third-order valence-corrected chi connectivity index (χ3v) is 5.97. The lowest BCUT2D eigenvalue weighted by Crippen LogP contribution is -2.39. The molecule has 1 aromatic heterocycles. The lowest BCUT2D eigenvalue weighted by atomic mass is 10.0. The molecule has 0 aliphatic carbocycles. The van der Waals surface area contributed by atoms with Gasteiger partial charge in [-0.1, -0.05) is 30.3 Å². The molecule has 2 aromatic carbocycles. The monoisotopic (exact) mass is 413 g/mol. The summed E-state index contributed by atoms with van der Waals surface area (Å²) in [5.74, 6) is 0.427. The van der Waals surface area contributed by atoms with Gasteiger partial charge in [-0.15, -0.1) is 11.6 Å². The van der Waals surface area contributed by atoms with Crippen LogP contribution in [0.1, 0.15) is 36.6 Å². The summed E-state index contributed by atoms with van der Waals surface area (Å²) in [6.45, 7) is 2.91. The number of rotatable bonds is 6. The van der Waals surface area contributed by atoms with Crippen LogP contribution < -0.4 is 5.56 Å². The van der Waals surface area contributed by atoms with Gasteiger partial charge in [0.15, 0.2) is 0 Å². The normalized spacial score (nSPS) is 15.8. The van der Waals surface area contributed by atoms with Crippen molar-refractivity contribution in [1.82, 2.24) is 14.7 Å². The second-order valence-corrected chi connectivity index (χ2v) is 8.04. The maximum atomic E-state index is 13.3. The number of piperidine rings is 1. The van der Waals surface area contributed by atoms with Crippen LogP contribution in [0, 0.1) is 5.82 Å². The van der Waals surface area contributed by atoms with Gasteiger partial charge in [0.1, 0.15) is 5.82 Å². The number of likely N-dealkylation sites (tertiary alicyclic amines) is 1. The molecule has 6 heteroatoms. The molecule has 0 amide bonds. The molecule has 0 saturated carbocycles. The molecule has 0 atom stereocenters. The number of aromatic nitrogens is 2. The molecule has 3 aromatic rings. The summed E-state index contributed by atoms with van der Waals surface area (Å²) in [4.78, 5) is 15.6. The average molecular weight is 414 g/mol. The standard InChI is InChI=1S/C23H25ClFN3O/c24-12-3-13-27-14-10-19(11-15-27)28-23(29)21-5-2-1-4-20(21)22(26-28)16-17-6-8-18(25)9-7-17/h1-2,4-9,19H,3,10-16H2. The average Bonchev–Trinajstić information content (AvgIpc) is 2.76. The third kappa shape index (κ3) is 4.51. The van der Waals surface area contributed by atoms with Crippen LogP contribution in [0.5, 0.6) is 0 Å². The molecule has 1 aliphatic rings. The van der Waals surface area contributed by atoms with Gasteiger partial charge in [0.2, 0.25) is 0 Å². The van der Waals surface area contributed by atoms with Gasteiger partial charge in [0, 0.05) is 30.8 Å². The molecule has 4 rings (SSSR count). The Bertz CT molecular complexity index is 1030. The molecular weight excluding hydrogens is 389 g/mol. The summed E-state index contributed by atoms with van der Waals surface area (Å²) in [6, 6.07) is 14.2. The fourth-order valence-electron chi connectivity index (χ4n) is 4.12. The Labute approximate surface area is 174 Å². The molecular formula is C23H25ClFN3O. The molecule has 29 heavy (non-hydrogen) atoms. The first-order chi connectivity index (χ1) is 14.2. The Hall–Kier alpha value is -2.24. The summed E-state index contributed by atoms with van der Waals surface area (Å²) < 4.78 is 15.0. The van der Waals surface area contributed by atoms with Crippen LogP contribution in [0.15, 0.2) is 53.3 Å². The van der Waals surface area contributed by atoms with Crippen LogP contribution in [0.25, 0.3) is 10.8 Å². The van der Waals surface area contributed by atoms with Crippen molar-refractivity contribution in [2.75, 3.05) is 25.5 Å². The van der Waals surface area contributed by atoms with Gasteiger partial charge in [-0.25, -0.2) is 9.07 Å². The van der Waals surface area contributed by atoms with Crippen molar-refractivity contribution in [2.24, 2.45) is 0 Å². The van der Waals surface area contributed by atoms with Gasteiger partial charge >= 0.3 is 0 Å². The summed E-state index contributed by atoms with van der Waals surface area (Å²) >= 11 is 5.81. The highest BCUT2D eigenvalue weighted by Crippen LogP contribution is 2.23. The second kappa shape index (κ2) is 9.06. The number of benzene rings is 2. The van der Waals surface area contributed by atoms with E-state index in [2.05, 4.69) is 4.90 Å². The minimum absolute atomic E-state index is 0.0253. The molecule has 152 valence electrons. The zero-order valence-corrected chi connectivity index (χ0v) is 17.1. The number of hydrogen-bond acceptors (Lipinski definition) is 3. The van der Waals surface area contributed by atoms with E-state index in [0.29, 0.717) is 17.7 Å². The van der Waals surface area contributed by atoms with Crippen LogP contribution in [-0.4, -0.2) is 40.2 Å². The van der Waals surface area contributed by atoms with Gasteiger partial charge in [-0.05, 0) is 49.6 Å². The van der Waals surface area contributed by atoms with E-state index in [1.165, 1.54) is 12.1 Å². The fourth-order valence-corrected chi connectivity index (χ4v) is 4.24. The van der Waals surface area contributed by atoms with Crippen molar-refractivity contribution in [3.63, 3.8) is 0 Å². The first kappa shape index (κ1) is 20.0. The number of alkyl halides is 1. The summed E-state index contributed by atoms with van der Waals surface area (Å²) in [5, 5.41) is 6.37. The molecule has 1 aliphatic heterocycles. The van der Waals surface area contributed by atoms with Crippen LogP contribution in [0.3, 0.4) is 0 Å². The highest BCUT2D eigenvalue weighted by atomic mass is 35.5. The highest BCUT2D eigenvalue weighted by molar-refractivity contribution is 6.17. The van der Waals surface area contributed by atoms with Crippen molar-refractivity contribution in [1.29, 1.82) is 0 Å². The Morgan fingerprint density at radius 1 is 1.03 bits per heavy atom. The predicted molar refractivity (Wildman–Crippen MR) is 115 cm³/mol. The lowest BCUT2D eigenvalue weighted by molar-refractivity contribution is 0.177. The lowest BCUT2D eigenvalue weighted by Gasteiger charge is -2.32.